The predicted molar refractivity (Wildman–Crippen MR) is 223 cm³/mol. The summed E-state index contributed by atoms with van der Waals surface area (Å²) in [7, 11) is 0. The minimum absolute atomic E-state index is 0.382. The molecule has 18 rings (SSSR count). The molecular formula is C51H44N4. The molecule has 4 heteroatoms. The number of rotatable bonds is 1. The van der Waals surface area contributed by atoms with E-state index < -0.39 is 0 Å². The second-order valence-corrected chi connectivity index (χ2v) is 18.3. The summed E-state index contributed by atoms with van der Waals surface area (Å²) in [5, 5.41) is 0. The number of fused-ring (bicyclic) bond motifs is 12. The van der Waals surface area contributed by atoms with Crippen LogP contribution in [0.4, 0.5) is 0 Å². The predicted octanol–water partition coefficient (Wildman–Crippen LogP) is 12.4. The number of hydrogen-bond acceptors (Lipinski definition) is 2. The normalized spacial score (nSPS) is 30.7. The highest BCUT2D eigenvalue weighted by atomic mass is 14.8. The first-order valence-electron chi connectivity index (χ1n) is 21.3. The van der Waals surface area contributed by atoms with Crippen LogP contribution in [0, 0.1) is 30.6 Å². The molecule has 3 aromatic heterocycles. The van der Waals surface area contributed by atoms with Gasteiger partial charge in [-0.25, -0.2) is 9.97 Å². The topological polar surface area (TPSA) is 57.4 Å². The summed E-state index contributed by atoms with van der Waals surface area (Å²) in [6.07, 6.45) is 29.7. The number of nitrogens with zero attached hydrogens (tertiary/aromatic N) is 2. The largest absolute Gasteiger partial charge is 0.355 e. The lowest BCUT2D eigenvalue weighted by atomic mass is 9.68. The van der Waals surface area contributed by atoms with Crippen LogP contribution >= 0.6 is 0 Å². The lowest BCUT2D eigenvalue weighted by Crippen LogP contribution is -2.20. The van der Waals surface area contributed by atoms with E-state index in [9.17, 15) is 0 Å². The van der Waals surface area contributed by atoms with Crippen LogP contribution in [0.25, 0.3) is 55.5 Å². The van der Waals surface area contributed by atoms with Crippen LogP contribution in [0.1, 0.15) is 126 Å². The van der Waals surface area contributed by atoms with E-state index in [4.69, 9.17) is 9.97 Å². The van der Waals surface area contributed by atoms with Gasteiger partial charge in [-0.1, -0.05) is 78.4 Å². The van der Waals surface area contributed by atoms with Gasteiger partial charge in [0.2, 0.25) is 0 Å². The molecule has 2 aliphatic heterocycles. The third kappa shape index (κ3) is 3.93. The van der Waals surface area contributed by atoms with Gasteiger partial charge in [0.05, 0.1) is 22.8 Å². The summed E-state index contributed by atoms with van der Waals surface area (Å²) in [6.45, 7) is 2.20. The highest BCUT2D eigenvalue weighted by Crippen LogP contribution is 2.58. The molecule has 16 bridgehead atoms. The van der Waals surface area contributed by atoms with E-state index in [1.54, 1.807) is 0 Å². The molecule has 0 saturated heterocycles. The zero-order chi connectivity index (χ0) is 35.7. The molecular weight excluding hydrogens is 669 g/mol. The highest BCUT2D eigenvalue weighted by molar-refractivity contribution is 6.06. The zero-order valence-corrected chi connectivity index (χ0v) is 31.3. The summed E-state index contributed by atoms with van der Waals surface area (Å²) in [5.41, 5.74) is 25.5. The summed E-state index contributed by atoms with van der Waals surface area (Å²) in [6, 6.07) is 16.7. The lowest BCUT2D eigenvalue weighted by molar-refractivity contribution is 0.557. The van der Waals surface area contributed by atoms with Crippen molar-refractivity contribution in [3.05, 3.63) is 142 Å². The molecule has 55 heavy (non-hydrogen) atoms. The van der Waals surface area contributed by atoms with Gasteiger partial charge in [0, 0.05) is 75.0 Å². The number of aromatic nitrogens is 4. The van der Waals surface area contributed by atoms with Crippen LogP contribution in [-0.2, 0) is 0 Å². The number of nitrogens with one attached hydrogen (secondary N) is 2. The Bertz CT molecular complexity index is 2660. The Morgan fingerprint density at radius 2 is 0.764 bits per heavy atom. The quantitative estimate of drug-likeness (QED) is 0.193. The van der Waals surface area contributed by atoms with E-state index in [0.29, 0.717) is 47.3 Å². The van der Waals surface area contributed by atoms with Gasteiger partial charge in [0.1, 0.15) is 0 Å². The molecule has 14 aliphatic rings. The van der Waals surface area contributed by atoms with Crippen LogP contribution in [0.5, 0.6) is 0 Å². The van der Waals surface area contributed by atoms with E-state index in [0.717, 1.165) is 11.4 Å². The summed E-state index contributed by atoms with van der Waals surface area (Å²) >= 11 is 0. The monoisotopic (exact) mass is 712 g/mol. The van der Waals surface area contributed by atoms with E-state index in [-0.39, 0.29) is 0 Å². The highest BCUT2D eigenvalue weighted by Gasteiger charge is 2.43. The van der Waals surface area contributed by atoms with Crippen molar-refractivity contribution in [3.63, 3.8) is 0 Å². The molecule has 0 amide bonds. The van der Waals surface area contributed by atoms with E-state index in [1.807, 2.05) is 0 Å². The molecule has 0 fully saturated rings. The average Bonchev–Trinajstić information content (AvgIpc) is 4.02. The van der Waals surface area contributed by atoms with Gasteiger partial charge in [-0.2, -0.15) is 0 Å². The molecule has 8 atom stereocenters. The Balaban J connectivity index is 1.19. The van der Waals surface area contributed by atoms with Gasteiger partial charge in [0.25, 0.3) is 0 Å². The Hall–Kier alpha value is -5.22. The minimum atomic E-state index is 0.382. The van der Waals surface area contributed by atoms with E-state index >= 15 is 0 Å². The summed E-state index contributed by atoms with van der Waals surface area (Å²) in [4.78, 5) is 20.0. The molecule has 4 nitrogen and oxygen atoms in total. The van der Waals surface area contributed by atoms with E-state index in [2.05, 4.69) is 108 Å². The second-order valence-electron chi connectivity index (χ2n) is 18.3. The third-order valence-electron chi connectivity index (χ3n) is 15.5. The van der Waals surface area contributed by atoms with Gasteiger partial charge in [-0.15, -0.1) is 0 Å². The average molecular weight is 713 g/mol. The second kappa shape index (κ2) is 10.5. The number of H-pyrrole nitrogens is 2. The Labute approximate surface area is 321 Å². The van der Waals surface area contributed by atoms with Crippen molar-refractivity contribution in [3.8, 4) is 11.1 Å². The van der Waals surface area contributed by atoms with Crippen molar-refractivity contribution in [2.24, 2.45) is 23.7 Å². The van der Waals surface area contributed by atoms with Crippen molar-refractivity contribution >= 4 is 44.4 Å². The molecule has 4 aromatic rings. The molecule has 0 saturated carbocycles. The van der Waals surface area contributed by atoms with Crippen molar-refractivity contribution in [2.75, 3.05) is 0 Å². The Kier molecular flexibility index (Phi) is 5.76. The first-order valence-corrected chi connectivity index (χ1v) is 21.3. The van der Waals surface area contributed by atoms with Crippen molar-refractivity contribution < 1.29 is 0 Å². The SMILES string of the molecule is Cc1ccc(-c2c3nc(cc4[nH]c(cc5[nH]c(cc6nc2C2=C6C6C=CC2CC6)c2c5C5C=CC2CC5)c2c4C4C=CC2CC4)C2=C3C3C=CC2CC3)cc1. The van der Waals surface area contributed by atoms with Gasteiger partial charge in [-0.3, -0.25) is 0 Å². The first kappa shape index (κ1) is 30.1. The fourth-order valence-electron chi connectivity index (χ4n) is 13.1. The molecule has 12 aliphatic carbocycles. The maximum Gasteiger partial charge on any atom is 0.0778 e. The minimum Gasteiger partial charge on any atom is -0.355 e. The molecule has 0 radical (unpaired) electrons. The van der Waals surface area contributed by atoms with Gasteiger partial charge in [-0.05, 0) is 127 Å². The van der Waals surface area contributed by atoms with Crippen molar-refractivity contribution in [2.45, 2.75) is 82.0 Å². The molecule has 0 spiro atoms. The van der Waals surface area contributed by atoms with Crippen molar-refractivity contribution in [1.82, 2.24) is 19.9 Å². The number of aromatic amines is 2. The molecule has 5 heterocycles. The fourth-order valence-corrected chi connectivity index (χ4v) is 13.1. The standard InChI is InChI=1S/C51H44N4/c1-25-2-4-34(5-3-25)49-50-47-32-18-14-30(15-19-32)45(47)39(54-50)23-37-43-28-10-6-26(7-11-28)41(43)35(52-37)22-36-42-27-8-12-29(13-9-27)44(42)38(53-36)24-40-46-31-16-20-33(21-17-31)48(46)51(49)55-40/h2-6,8,10,12,14,16,18,20,22-24,26-33,52-53H,7,9,11,13,15,17,19,21H2,1H3. The third-order valence-corrected chi connectivity index (χ3v) is 15.5. The zero-order valence-electron chi connectivity index (χ0n) is 31.3. The molecule has 268 valence electrons. The van der Waals surface area contributed by atoms with Crippen LogP contribution in [0.2, 0.25) is 0 Å². The Morgan fingerprint density at radius 3 is 1.15 bits per heavy atom. The molecule has 2 N–H and O–H groups in total. The van der Waals surface area contributed by atoms with Crippen LogP contribution in [0.15, 0.2) is 91.1 Å². The number of allylic oxidation sites excluding steroid dienone is 12. The smallest absolute Gasteiger partial charge is 0.0778 e. The number of benzene rings is 1. The molecule has 8 unspecified atom stereocenters. The van der Waals surface area contributed by atoms with Crippen molar-refractivity contribution in [1.29, 1.82) is 0 Å². The fraction of sp³-hybridized carbons (Fsp3) is 0.333. The summed E-state index contributed by atoms with van der Waals surface area (Å²) < 4.78 is 0. The van der Waals surface area contributed by atoms with Crippen LogP contribution in [-0.4, -0.2) is 19.9 Å². The number of aryl methyl sites for hydroxylation is 1. The maximum atomic E-state index is 5.87. The van der Waals surface area contributed by atoms with Crippen LogP contribution in [0.3, 0.4) is 0 Å². The number of hydrogen-bond donors (Lipinski definition) is 2. The van der Waals surface area contributed by atoms with Gasteiger partial charge >= 0.3 is 0 Å². The maximum absolute atomic E-state index is 5.87. The first-order chi connectivity index (χ1) is 27.1. The molecule has 1 aromatic carbocycles. The lowest BCUT2D eigenvalue weighted by Gasteiger charge is -2.34. The van der Waals surface area contributed by atoms with Gasteiger partial charge < -0.3 is 9.97 Å². The Morgan fingerprint density at radius 1 is 0.418 bits per heavy atom. The van der Waals surface area contributed by atoms with E-state index in [1.165, 1.54) is 146 Å². The van der Waals surface area contributed by atoms with Crippen LogP contribution < -0.4 is 0 Å². The van der Waals surface area contributed by atoms with Gasteiger partial charge in [0.15, 0.2) is 0 Å². The summed E-state index contributed by atoms with van der Waals surface area (Å²) in [5.74, 6) is 3.38.